The Hall–Kier alpha value is -0.540. The third kappa shape index (κ3) is 3.68. The van der Waals surface area contributed by atoms with E-state index in [1.807, 2.05) is 11.0 Å². The number of hydrogen-bond donors (Lipinski definition) is 0. The molecule has 0 spiro atoms. The summed E-state index contributed by atoms with van der Waals surface area (Å²) < 4.78 is 0. The number of nitrogens with zero attached hydrogens (tertiary/aromatic N) is 2. The van der Waals surface area contributed by atoms with E-state index in [2.05, 4.69) is 4.90 Å². The van der Waals surface area contributed by atoms with Crippen LogP contribution in [0.25, 0.3) is 0 Å². The first-order valence-corrected chi connectivity index (χ1v) is 5.41. The van der Waals surface area contributed by atoms with E-state index in [9.17, 15) is 4.79 Å². The van der Waals surface area contributed by atoms with Crippen molar-refractivity contribution in [1.29, 1.82) is 0 Å². The third-order valence-electron chi connectivity index (χ3n) is 2.49. The van der Waals surface area contributed by atoms with Gasteiger partial charge in [-0.2, -0.15) is 0 Å². The molecule has 1 rings (SSSR count). The molecule has 0 aliphatic carbocycles. The Morgan fingerprint density at radius 2 is 2.14 bits per heavy atom. The summed E-state index contributed by atoms with van der Waals surface area (Å²) in [5.74, 6) is 0.180. The molecule has 3 nitrogen and oxygen atoms in total. The van der Waals surface area contributed by atoms with E-state index in [-0.39, 0.29) is 5.91 Å². The standard InChI is InChI=1S/C10H17ClN2O/c1-10(14)13-7-3-6-12(8-9-13)5-2-4-11/h2,4H,3,5-9H2,1H3/b4-2+. The number of carbonyl (C=O) groups is 1. The Bertz CT molecular complexity index is 218. The molecule has 0 atom stereocenters. The maximum Gasteiger partial charge on any atom is 0.219 e. The Balaban J connectivity index is 2.36. The lowest BCUT2D eigenvalue weighted by Gasteiger charge is -2.19. The Labute approximate surface area is 90.3 Å². The van der Waals surface area contributed by atoms with Gasteiger partial charge in [0.05, 0.1) is 0 Å². The second-order valence-corrected chi connectivity index (χ2v) is 3.77. The van der Waals surface area contributed by atoms with Gasteiger partial charge in [0.1, 0.15) is 0 Å². The third-order valence-corrected chi connectivity index (χ3v) is 2.66. The molecule has 0 unspecified atom stereocenters. The lowest BCUT2D eigenvalue weighted by molar-refractivity contribution is -0.128. The van der Waals surface area contributed by atoms with Gasteiger partial charge >= 0.3 is 0 Å². The summed E-state index contributed by atoms with van der Waals surface area (Å²) in [6, 6.07) is 0. The average Bonchev–Trinajstić information content (AvgIpc) is 2.39. The zero-order chi connectivity index (χ0) is 10.4. The van der Waals surface area contributed by atoms with Crippen molar-refractivity contribution < 1.29 is 4.79 Å². The minimum atomic E-state index is 0.180. The van der Waals surface area contributed by atoms with Gasteiger partial charge in [0, 0.05) is 45.2 Å². The van der Waals surface area contributed by atoms with E-state index in [1.165, 1.54) is 0 Å². The van der Waals surface area contributed by atoms with Crippen LogP contribution in [0.5, 0.6) is 0 Å². The quantitative estimate of drug-likeness (QED) is 0.695. The molecule has 4 heteroatoms. The normalized spacial score (nSPS) is 20.0. The largest absolute Gasteiger partial charge is 0.342 e. The molecule has 1 saturated heterocycles. The van der Waals surface area contributed by atoms with Crippen molar-refractivity contribution in [2.24, 2.45) is 0 Å². The smallest absolute Gasteiger partial charge is 0.219 e. The van der Waals surface area contributed by atoms with Crippen molar-refractivity contribution in [3.05, 3.63) is 11.6 Å². The Kier molecular flexibility index (Phi) is 4.98. The molecule has 1 heterocycles. The summed E-state index contributed by atoms with van der Waals surface area (Å²) >= 11 is 5.47. The van der Waals surface area contributed by atoms with Crippen LogP contribution in [-0.2, 0) is 4.79 Å². The van der Waals surface area contributed by atoms with Crippen LogP contribution in [0.1, 0.15) is 13.3 Å². The fraction of sp³-hybridized carbons (Fsp3) is 0.700. The maximum absolute atomic E-state index is 11.1. The van der Waals surface area contributed by atoms with Gasteiger partial charge in [-0.1, -0.05) is 17.7 Å². The Morgan fingerprint density at radius 3 is 2.79 bits per heavy atom. The monoisotopic (exact) mass is 216 g/mol. The van der Waals surface area contributed by atoms with E-state index in [0.717, 1.165) is 39.1 Å². The van der Waals surface area contributed by atoms with Crippen LogP contribution >= 0.6 is 11.6 Å². The minimum Gasteiger partial charge on any atom is -0.342 e. The van der Waals surface area contributed by atoms with Gasteiger partial charge in [-0.3, -0.25) is 9.69 Å². The van der Waals surface area contributed by atoms with Gasteiger partial charge in [-0.15, -0.1) is 0 Å². The number of carbonyl (C=O) groups excluding carboxylic acids is 1. The molecule has 0 aromatic rings. The van der Waals surface area contributed by atoms with Crippen LogP contribution in [0.3, 0.4) is 0 Å². The summed E-state index contributed by atoms with van der Waals surface area (Å²) in [6.07, 6.45) is 2.99. The first-order valence-electron chi connectivity index (χ1n) is 4.97. The summed E-state index contributed by atoms with van der Waals surface area (Å²) in [5, 5.41) is 0. The summed E-state index contributed by atoms with van der Waals surface area (Å²) in [6.45, 7) is 6.23. The highest BCUT2D eigenvalue weighted by atomic mass is 35.5. The average molecular weight is 217 g/mol. The number of hydrogen-bond acceptors (Lipinski definition) is 2. The van der Waals surface area contributed by atoms with Crippen LogP contribution in [0.15, 0.2) is 11.6 Å². The van der Waals surface area contributed by atoms with Crippen molar-refractivity contribution in [2.45, 2.75) is 13.3 Å². The van der Waals surface area contributed by atoms with Crippen molar-refractivity contribution in [1.82, 2.24) is 9.80 Å². The van der Waals surface area contributed by atoms with Gasteiger partial charge < -0.3 is 4.90 Å². The van der Waals surface area contributed by atoms with Crippen LogP contribution in [0.4, 0.5) is 0 Å². The molecule has 0 saturated carbocycles. The van der Waals surface area contributed by atoms with Crippen LogP contribution in [-0.4, -0.2) is 48.4 Å². The highest BCUT2D eigenvalue weighted by molar-refractivity contribution is 6.25. The van der Waals surface area contributed by atoms with Gasteiger partial charge in [-0.05, 0) is 6.42 Å². The summed E-state index contributed by atoms with van der Waals surface area (Å²) in [5.41, 5.74) is 1.55. The van der Waals surface area contributed by atoms with Gasteiger partial charge in [-0.25, -0.2) is 0 Å². The lowest BCUT2D eigenvalue weighted by atomic mass is 10.4. The lowest BCUT2D eigenvalue weighted by Crippen LogP contribution is -2.33. The predicted octanol–water partition coefficient (Wildman–Crippen LogP) is 1.29. The van der Waals surface area contributed by atoms with Crippen LogP contribution in [0, 0.1) is 0 Å². The molecule has 0 radical (unpaired) electrons. The molecule has 0 aromatic heterocycles. The fourth-order valence-corrected chi connectivity index (χ4v) is 1.74. The van der Waals surface area contributed by atoms with Crippen molar-refractivity contribution in [3.63, 3.8) is 0 Å². The molecule has 0 N–H and O–H groups in total. The molecular formula is C10H17ClN2O. The predicted molar refractivity (Wildman–Crippen MR) is 58.3 cm³/mol. The number of amides is 1. The molecule has 1 aliphatic rings. The maximum atomic E-state index is 11.1. The van der Waals surface area contributed by atoms with Gasteiger partial charge in [0.2, 0.25) is 5.91 Å². The molecule has 1 amide bonds. The van der Waals surface area contributed by atoms with E-state index >= 15 is 0 Å². The van der Waals surface area contributed by atoms with E-state index in [0.29, 0.717) is 0 Å². The summed E-state index contributed by atoms with van der Waals surface area (Å²) in [7, 11) is 0. The highest BCUT2D eigenvalue weighted by Gasteiger charge is 2.14. The number of rotatable bonds is 2. The van der Waals surface area contributed by atoms with Crippen molar-refractivity contribution >= 4 is 17.5 Å². The zero-order valence-corrected chi connectivity index (χ0v) is 9.33. The summed E-state index contributed by atoms with van der Waals surface area (Å²) in [4.78, 5) is 15.4. The first kappa shape index (κ1) is 11.5. The second-order valence-electron chi connectivity index (χ2n) is 3.52. The molecular weight excluding hydrogens is 200 g/mol. The van der Waals surface area contributed by atoms with E-state index in [1.54, 1.807) is 12.5 Å². The number of halogens is 1. The van der Waals surface area contributed by atoms with E-state index in [4.69, 9.17) is 11.6 Å². The van der Waals surface area contributed by atoms with Crippen molar-refractivity contribution in [3.8, 4) is 0 Å². The van der Waals surface area contributed by atoms with Crippen molar-refractivity contribution in [2.75, 3.05) is 32.7 Å². The minimum absolute atomic E-state index is 0.180. The molecule has 0 bridgehead atoms. The Morgan fingerprint density at radius 1 is 1.36 bits per heavy atom. The molecule has 1 aliphatic heterocycles. The molecule has 80 valence electrons. The molecule has 14 heavy (non-hydrogen) atoms. The van der Waals surface area contributed by atoms with Crippen LogP contribution in [0.2, 0.25) is 0 Å². The van der Waals surface area contributed by atoms with E-state index < -0.39 is 0 Å². The fourth-order valence-electron chi connectivity index (χ4n) is 1.66. The SMILES string of the molecule is CC(=O)N1CCCN(C/C=C/Cl)CC1. The first-order chi connectivity index (χ1) is 6.74. The topological polar surface area (TPSA) is 23.6 Å². The zero-order valence-electron chi connectivity index (χ0n) is 8.58. The van der Waals surface area contributed by atoms with Crippen LogP contribution < -0.4 is 0 Å². The molecule has 0 aromatic carbocycles. The second kappa shape index (κ2) is 6.04. The highest BCUT2D eigenvalue weighted by Crippen LogP contribution is 2.03. The van der Waals surface area contributed by atoms with Gasteiger partial charge in [0.25, 0.3) is 0 Å². The van der Waals surface area contributed by atoms with Gasteiger partial charge in [0.15, 0.2) is 0 Å². The molecule has 1 fully saturated rings.